The zero-order chi connectivity index (χ0) is 19.9. The fourth-order valence-electron chi connectivity index (χ4n) is 3.30. The van der Waals surface area contributed by atoms with Gasteiger partial charge in [0.1, 0.15) is 5.82 Å². The van der Waals surface area contributed by atoms with Gasteiger partial charge in [-0.05, 0) is 13.0 Å². The van der Waals surface area contributed by atoms with Gasteiger partial charge in [0.2, 0.25) is 5.65 Å². The number of methoxy groups -OCH3 is 1. The zero-order valence-electron chi connectivity index (χ0n) is 15.4. The number of imidazole rings is 1. The van der Waals surface area contributed by atoms with E-state index < -0.39 is 11.7 Å². The van der Waals surface area contributed by atoms with Gasteiger partial charge in [0, 0.05) is 50.3 Å². The third-order valence-corrected chi connectivity index (χ3v) is 4.61. The Labute approximate surface area is 159 Å². The summed E-state index contributed by atoms with van der Waals surface area (Å²) < 4.78 is 48.2. The summed E-state index contributed by atoms with van der Waals surface area (Å²) in [6.07, 6.45) is 0.280. The molecular weight excluding hydrogens is 373 g/mol. The van der Waals surface area contributed by atoms with Crippen LogP contribution in [-0.4, -0.2) is 52.6 Å². The van der Waals surface area contributed by atoms with Gasteiger partial charge in [-0.15, -0.1) is 0 Å². The van der Waals surface area contributed by atoms with Crippen molar-refractivity contribution in [3.05, 3.63) is 35.9 Å². The Kier molecular flexibility index (Phi) is 4.58. The lowest BCUT2D eigenvalue weighted by atomic mass is 10.1. The maximum atomic E-state index is 13.8. The van der Waals surface area contributed by atoms with Crippen LogP contribution in [0.2, 0.25) is 0 Å². The average molecular weight is 392 g/mol. The molecule has 10 heteroatoms. The molecule has 0 aromatic carbocycles. The second-order valence-electron chi connectivity index (χ2n) is 6.58. The lowest BCUT2D eigenvalue weighted by molar-refractivity contribution is -0.137. The summed E-state index contributed by atoms with van der Waals surface area (Å²) in [6.45, 7) is 4.01. The van der Waals surface area contributed by atoms with Crippen molar-refractivity contribution in [2.45, 2.75) is 13.1 Å². The molecule has 4 rings (SSSR count). The molecule has 0 radical (unpaired) electrons. The summed E-state index contributed by atoms with van der Waals surface area (Å²) >= 11 is 0. The maximum absolute atomic E-state index is 13.8. The standard InChI is InChI=1S/C18H19F3N6O/c1-11-9-27-10-14(25-17(28-2)16(27)24-11)12-7-13(18(19,20)21)15(23-8-12)26-5-3-22-4-6-26/h7-10,22H,3-6H2,1-2H3. The van der Waals surface area contributed by atoms with Gasteiger partial charge in [-0.1, -0.05) is 0 Å². The Morgan fingerprint density at radius 3 is 2.57 bits per heavy atom. The molecule has 0 atom stereocenters. The summed E-state index contributed by atoms with van der Waals surface area (Å²) in [4.78, 5) is 14.5. The van der Waals surface area contributed by atoms with E-state index >= 15 is 0 Å². The van der Waals surface area contributed by atoms with Gasteiger partial charge in [0.05, 0.1) is 24.1 Å². The van der Waals surface area contributed by atoms with Gasteiger partial charge in [-0.2, -0.15) is 13.2 Å². The van der Waals surface area contributed by atoms with E-state index in [-0.39, 0.29) is 17.3 Å². The van der Waals surface area contributed by atoms with E-state index in [1.807, 2.05) is 6.92 Å². The van der Waals surface area contributed by atoms with Crippen molar-refractivity contribution >= 4 is 11.5 Å². The zero-order valence-corrected chi connectivity index (χ0v) is 15.4. The summed E-state index contributed by atoms with van der Waals surface area (Å²) in [5.74, 6) is 0.189. The molecule has 3 aromatic rings. The molecular formula is C18H19F3N6O. The molecule has 1 aliphatic rings. The quantitative estimate of drug-likeness (QED) is 0.739. The van der Waals surface area contributed by atoms with E-state index in [0.717, 1.165) is 11.8 Å². The Morgan fingerprint density at radius 1 is 1.14 bits per heavy atom. The number of aryl methyl sites for hydroxylation is 1. The first-order chi connectivity index (χ1) is 13.4. The van der Waals surface area contributed by atoms with Crippen molar-refractivity contribution in [2.75, 3.05) is 38.2 Å². The number of piperazine rings is 1. The Hall–Kier alpha value is -2.88. The number of hydrogen-bond donors (Lipinski definition) is 1. The molecule has 7 nitrogen and oxygen atoms in total. The topological polar surface area (TPSA) is 67.6 Å². The van der Waals surface area contributed by atoms with E-state index in [9.17, 15) is 13.2 Å². The summed E-state index contributed by atoms with van der Waals surface area (Å²) in [6, 6.07) is 1.10. The van der Waals surface area contributed by atoms with Crippen molar-refractivity contribution in [2.24, 2.45) is 0 Å². The van der Waals surface area contributed by atoms with Crippen LogP contribution in [0.25, 0.3) is 16.9 Å². The molecule has 0 saturated carbocycles. The van der Waals surface area contributed by atoms with Crippen LogP contribution in [0.15, 0.2) is 24.7 Å². The molecule has 1 saturated heterocycles. The van der Waals surface area contributed by atoms with Gasteiger partial charge < -0.3 is 19.4 Å². The number of ether oxygens (including phenoxy) is 1. The first-order valence-electron chi connectivity index (χ1n) is 8.80. The number of halogens is 3. The highest BCUT2D eigenvalue weighted by Gasteiger charge is 2.36. The fraction of sp³-hybridized carbons (Fsp3) is 0.389. The van der Waals surface area contributed by atoms with Gasteiger partial charge in [-0.25, -0.2) is 15.0 Å². The van der Waals surface area contributed by atoms with Crippen LogP contribution in [0.4, 0.5) is 19.0 Å². The van der Waals surface area contributed by atoms with Crippen molar-refractivity contribution in [1.29, 1.82) is 0 Å². The highest BCUT2D eigenvalue weighted by atomic mass is 19.4. The number of pyridine rings is 1. The molecule has 148 valence electrons. The number of hydrogen-bond acceptors (Lipinski definition) is 6. The van der Waals surface area contributed by atoms with Gasteiger partial charge in [0.25, 0.3) is 5.88 Å². The number of alkyl halides is 3. The van der Waals surface area contributed by atoms with Crippen molar-refractivity contribution in [3.8, 4) is 17.1 Å². The summed E-state index contributed by atoms with van der Waals surface area (Å²) in [5.41, 5.74) is 1.07. The Morgan fingerprint density at radius 2 is 1.89 bits per heavy atom. The predicted molar refractivity (Wildman–Crippen MR) is 97.6 cm³/mol. The summed E-state index contributed by atoms with van der Waals surface area (Å²) in [7, 11) is 1.45. The molecule has 0 spiro atoms. The maximum Gasteiger partial charge on any atom is 0.419 e. The lowest BCUT2D eigenvalue weighted by Gasteiger charge is -2.30. The second kappa shape index (κ2) is 6.93. The van der Waals surface area contributed by atoms with Crippen molar-refractivity contribution < 1.29 is 17.9 Å². The van der Waals surface area contributed by atoms with Gasteiger partial charge in [0.15, 0.2) is 0 Å². The molecule has 0 amide bonds. The van der Waals surface area contributed by atoms with Crippen LogP contribution in [-0.2, 0) is 6.18 Å². The molecule has 4 heterocycles. The number of nitrogens with zero attached hydrogens (tertiary/aromatic N) is 5. The number of anilines is 1. The minimum atomic E-state index is -4.52. The highest BCUT2D eigenvalue weighted by molar-refractivity contribution is 5.66. The molecule has 1 fully saturated rings. The minimum Gasteiger partial charge on any atom is -0.478 e. The first-order valence-corrected chi connectivity index (χ1v) is 8.80. The van der Waals surface area contributed by atoms with Crippen LogP contribution in [0.5, 0.6) is 5.88 Å². The SMILES string of the molecule is COc1nc(-c2cnc(N3CCNCC3)c(C(F)(F)F)c2)cn2cc(C)nc12. The van der Waals surface area contributed by atoms with Crippen LogP contribution in [0, 0.1) is 6.92 Å². The van der Waals surface area contributed by atoms with Crippen LogP contribution < -0.4 is 15.0 Å². The van der Waals surface area contributed by atoms with E-state index in [4.69, 9.17) is 4.74 Å². The Bertz CT molecular complexity index is 1010. The minimum absolute atomic E-state index is 0.0516. The lowest BCUT2D eigenvalue weighted by Crippen LogP contribution is -2.44. The van der Waals surface area contributed by atoms with Crippen LogP contribution in [0.1, 0.15) is 11.3 Å². The highest BCUT2D eigenvalue weighted by Crippen LogP contribution is 2.38. The summed E-state index contributed by atoms with van der Waals surface area (Å²) in [5, 5.41) is 3.13. The van der Waals surface area contributed by atoms with E-state index in [0.29, 0.717) is 37.5 Å². The number of rotatable bonds is 3. The molecule has 28 heavy (non-hydrogen) atoms. The number of aromatic nitrogens is 4. The van der Waals surface area contributed by atoms with Crippen molar-refractivity contribution in [3.63, 3.8) is 0 Å². The molecule has 1 aliphatic heterocycles. The van der Waals surface area contributed by atoms with Gasteiger partial charge in [-0.3, -0.25) is 0 Å². The second-order valence-corrected chi connectivity index (χ2v) is 6.58. The number of nitrogens with one attached hydrogen (secondary N) is 1. The smallest absolute Gasteiger partial charge is 0.419 e. The third kappa shape index (κ3) is 3.35. The molecule has 0 unspecified atom stereocenters. The van der Waals surface area contributed by atoms with Crippen LogP contribution >= 0.6 is 0 Å². The van der Waals surface area contributed by atoms with Crippen molar-refractivity contribution in [1.82, 2.24) is 24.7 Å². The molecule has 3 aromatic heterocycles. The largest absolute Gasteiger partial charge is 0.478 e. The fourth-order valence-corrected chi connectivity index (χ4v) is 3.30. The average Bonchev–Trinajstić information content (AvgIpc) is 3.07. The molecule has 1 N–H and O–H groups in total. The normalized spacial score (nSPS) is 15.2. The van der Waals surface area contributed by atoms with E-state index in [1.54, 1.807) is 21.7 Å². The van der Waals surface area contributed by atoms with E-state index in [2.05, 4.69) is 20.3 Å². The number of fused-ring (bicyclic) bond motifs is 1. The predicted octanol–water partition coefficient (Wildman–Crippen LogP) is 2.54. The third-order valence-electron chi connectivity index (χ3n) is 4.61. The van der Waals surface area contributed by atoms with Crippen LogP contribution in [0.3, 0.4) is 0 Å². The van der Waals surface area contributed by atoms with Gasteiger partial charge >= 0.3 is 6.18 Å². The molecule has 0 aliphatic carbocycles. The monoisotopic (exact) mass is 392 g/mol. The molecule has 0 bridgehead atoms. The van der Waals surface area contributed by atoms with E-state index in [1.165, 1.54) is 13.3 Å². The Balaban J connectivity index is 1.83. The first kappa shape index (κ1) is 18.5.